The zero-order chi connectivity index (χ0) is 13.9. The van der Waals surface area contributed by atoms with E-state index in [1.54, 1.807) is 6.92 Å². The minimum Gasteiger partial charge on any atom is -0.393 e. The van der Waals surface area contributed by atoms with Crippen molar-refractivity contribution in [2.24, 2.45) is 0 Å². The van der Waals surface area contributed by atoms with Gasteiger partial charge in [-0.25, -0.2) is 0 Å². The molecule has 1 aromatic rings. The van der Waals surface area contributed by atoms with Crippen molar-refractivity contribution in [2.75, 3.05) is 5.32 Å². The summed E-state index contributed by atoms with van der Waals surface area (Å²) in [6.45, 7) is 3.54. The van der Waals surface area contributed by atoms with Crippen LogP contribution in [-0.2, 0) is 0 Å². The summed E-state index contributed by atoms with van der Waals surface area (Å²) < 4.78 is 0. The summed E-state index contributed by atoms with van der Waals surface area (Å²) >= 11 is 11.9. The number of hydrogen-bond donors (Lipinski definition) is 2. The lowest BCUT2D eigenvalue weighted by atomic mass is 10.1. The predicted molar refractivity (Wildman–Crippen MR) is 72.5 cm³/mol. The van der Waals surface area contributed by atoms with Gasteiger partial charge in [-0.3, -0.25) is 10.1 Å². The van der Waals surface area contributed by atoms with Crippen molar-refractivity contribution >= 4 is 34.6 Å². The van der Waals surface area contributed by atoms with Gasteiger partial charge in [0.05, 0.1) is 26.8 Å². The molecule has 1 aromatic carbocycles. The lowest BCUT2D eigenvalue weighted by Gasteiger charge is -2.18. The van der Waals surface area contributed by atoms with E-state index in [2.05, 4.69) is 5.32 Å². The Morgan fingerprint density at radius 1 is 1.39 bits per heavy atom. The quantitative estimate of drug-likeness (QED) is 0.643. The number of rotatable bonds is 5. The van der Waals surface area contributed by atoms with Crippen LogP contribution in [0.5, 0.6) is 0 Å². The number of aliphatic hydroxyl groups excluding tert-OH is 1. The molecule has 2 unspecified atom stereocenters. The first-order chi connectivity index (χ1) is 8.31. The Bertz CT molecular complexity index is 429. The highest BCUT2D eigenvalue weighted by Gasteiger charge is 2.16. The van der Waals surface area contributed by atoms with Crippen LogP contribution in [0.3, 0.4) is 0 Å². The predicted octanol–water partition coefficient (Wildman–Crippen LogP) is 3.47. The van der Waals surface area contributed by atoms with E-state index in [0.717, 1.165) is 0 Å². The van der Waals surface area contributed by atoms with Crippen LogP contribution >= 0.6 is 23.2 Å². The molecule has 1 rings (SSSR count). The van der Waals surface area contributed by atoms with E-state index in [0.29, 0.717) is 12.1 Å². The maximum Gasteiger partial charge on any atom is 0.272 e. The monoisotopic (exact) mass is 292 g/mol. The molecule has 5 nitrogen and oxygen atoms in total. The molecule has 100 valence electrons. The number of nitro groups is 1. The molecule has 0 aliphatic rings. The summed E-state index contributed by atoms with van der Waals surface area (Å²) in [6.07, 6.45) is 0.0620. The third kappa shape index (κ3) is 4.01. The molecule has 0 bridgehead atoms. The summed E-state index contributed by atoms with van der Waals surface area (Å²) in [5.41, 5.74) is 0.288. The fourth-order valence-electron chi connectivity index (χ4n) is 1.62. The van der Waals surface area contributed by atoms with Crippen molar-refractivity contribution in [3.63, 3.8) is 0 Å². The maximum atomic E-state index is 10.6. The highest BCUT2D eigenvalue weighted by Crippen LogP contribution is 2.35. The van der Waals surface area contributed by atoms with Crippen LogP contribution in [0.25, 0.3) is 0 Å². The Labute approximate surface area is 115 Å². The molecule has 0 aliphatic heterocycles. The summed E-state index contributed by atoms with van der Waals surface area (Å²) in [7, 11) is 0. The van der Waals surface area contributed by atoms with Gasteiger partial charge in [0.15, 0.2) is 0 Å². The second kappa shape index (κ2) is 6.22. The van der Waals surface area contributed by atoms with Gasteiger partial charge in [0.2, 0.25) is 0 Å². The van der Waals surface area contributed by atoms with Gasteiger partial charge < -0.3 is 10.4 Å². The van der Waals surface area contributed by atoms with Gasteiger partial charge >= 0.3 is 0 Å². The first-order valence-corrected chi connectivity index (χ1v) is 6.15. The molecule has 0 fully saturated rings. The van der Waals surface area contributed by atoms with Gasteiger partial charge in [-0.05, 0) is 20.3 Å². The number of anilines is 1. The van der Waals surface area contributed by atoms with Crippen molar-refractivity contribution < 1.29 is 10.0 Å². The number of benzene rings is 1. The topological polar surface area (TPSA) is 75.4 Å². The maximum absolute atomic E-state index is 10.6. The molecule has 0 saturated heterocycles. The molecule has 7 heteroatoms. The van der Waals surface area contributed by atoms with Crippen molar-refractivity contribution in [1.82, 2.24) is 0 Å². The third-order valence-corrected chi connectivity index (χ3v) is 2.92. The van der Waals surface area contributed by atoms with Crippen LogP contribution in [-0.4, -0.2) is 22.2 Å². The summed E-state index contributed by atoms with van der Waals surface area (Å²) in [6, 6.07) is 2.43. The average Bonchev–Trinajstić information content (AvgIpc) is 2.21. The molecule has 0 spiro atoms. The fraction of sp³-hybridized carbons (Fsp3) is 0.455. The van der Waals surface area contributed by atoms with Crippen molar-refractivity contribution in [3.8, 4) is 0 Å². The van der Waals surface area contributed by atoms with E-state index >= 15 is 0 Å². The van der Waals surface area contributed by atoms with E-state index in [1.165, 1.54) is 12.1 Å². The first kappa shape index (κ1) is 15.0. The van der Waals surface area contributed by atoms with Crippen LogP contribution in [0.2, 0.25) is 10.0 Å². The number of nitro benzene ring substituents is 1. The lowest BCUT2D eigenvalue weighted by molar-refractivity contribution is -0.384. The van der Waals surface area contributed by atoms with Crippen molar-refractivity contribution in [1.29, 1.82) is 0 Å². The smallest absolute Gasteiger partial charge is 0.272 e. The highest BCUT2D eigenvalue weighted by molar-refractivity contribution is 6.39. The number of nitrogens with one attached hydrogen (secondary N) is 1. The van der Waals surface area contributed by atoms with Gasteiger partial charge in [-0.15, -0.1) is 0 Å². The molecular weight excluding hydrogens is 279 g/mol. The molecule has 0 aliphatic carbocycles. The van der Waals surface area contributed by atoms with Crippen molar-refractivity contribution in [2.45, 2.75) is 32.4 Å². The van der Waals surface area contributed by atoms with E-state index in [4.69, 9.17) is 23.2 Å². The van der Waals surface area contributed by atoms with E-state index in [-0.39, 0.29) is 21.8 Å². The number of aliphatic hydroxyl groups is 1. The van der Waals surface area contributed by atoms with E-state index < -0.39 is 11.0 Å². The third-order valence-electron chi connectivity index (χ3n) is 2.32. The Morgan fingerprint density at radius 3 is 2.28 bits per heavy atom. The average molecular weight is 293 g/mol. The van der Waals surface area contributed by atoms with Crippen molar-refractivity contribution in [3.05, 3.63) is 32.3 Å². The van der Waals surface area contributed by atoms with Crippen LogP contribution in [0.15, 0.2) is 12.1 Å². The number of non-ortho nitro benzene ring substituents is 1. The summed E-state index contributed by atoms with van der Waals surface area (Å²) in [5.74, 6) is 0. The molecule has 0 amide bonds. The number of nitrogens with zero attached hydrogens (tertiary/aromatic N) is 1. The van der Waals surface area contributed by atoms with Crippen LogP contribution in [0, 0.1) is 10.1 Å². The molecular formula is C11H14Cl2N2O3. The minimum absolute atomic E-state index is 0.0542. The fourth-order valence-corrected chi connectivity index (χ4v) is 2.20. The second-order valence-corrected chi connectivity index (χ2v) is 4.99. The highest BCUT2D eigenvalue weighted by atomic mass is 35.5. The lowest BCUT2D eigenvalue weighted by Crippen LogP contribution is -2.21. The van der Waals surface area contributed by atoms with Gasteiger partial charge in [0.25, 0.3) is 5.69 Å². The molecule has 2 N–H and O–H groups in total. The molecule has 0 heterocycles. The SMILES string of the molecule is CC(O)CC(C)Nc1c(Cl)cc([N+](=O)[O-])cc1Cl. The Balaban J connectivity index is 2.93. The number of hydrogen-bond acceptors (Lipinski definition) is 4. The zero-order valence-electron chi connectivity index (χ0n) is 9.98. The van der Waals surface area contributed by atoms with Gasteiger partial charge in [-0.2, -0.15) is 0 Å². The standard InChI is InChI=1S/C11H14Cl2N2O3/c1-6(3-7(2)16)14-11-9(12)4-8(15(17)18)5-10(11)13/h4-7,14,16H,3H2,1-2H3. The summed E-state index contributed by atoms with van der Waals surface area (Å²) in [5, 5.41) is 23.3. The van der Waals surface area contributed by atoms with E-state index in [9.17, 15) is 15.2 Å². The van der Waals surface area contributed by atoms with Crippen LogP contribution in [0.4, 0.5) is 11.4 Å². The Kier molecular flexibility index (Phi) is 5.19. The molecule has 2 atom stereocenters. The Morgan fingerprint density at radius 2 is 1.89 bits per heavy atom. The second-order valence-electron chi connectivity index (χ2n) is 4.17. The van der Waals surface area contributed by atoms with Crippen LogP contribution in [0.1, 0.15) is 20.3 Å². The van der Waals surface area contributed by atoms with Gasteiger partial charge in [-0.1, -0.05) is 23.2 Å². The van der Waals surface area contributed by atoms with E-state index in [1.807, 2.05) is 6.92 Å². The molecule has 0 radical (unpaired) electrons. The minimum atomic E-state index is -0.555. The van der Waals surface area contributed by atoms with Crippen LogP contribution < -0.4 is 5.32 Å². The summed E-state index contributed by atoms with van der Waals surface area (Å²) in [4.78, 5) is 10.1. The van der Waals surface area contributed by atoms with Gasteiger partial charge in [0, 0.05) is 18.2 Å². The molecule has 0 saturated carbocycles. The van der Waals surface area contributed by atoms with Gasteiger partial charge in [0.1, 0.15) is 0 Å². The molecule has 18 heavy (non-hydrogen) atoms. The normalized spacial score (nSPS) is 14.1. The largest absolute Gasteiger partial charge is 0.393 e. The first-order valence-electron chi connectivity index (χ1n) is 5.39. The number of halogens is 2. The zero-order valence-corrected chi connectivity index (χ0v) is 11.5. The Hall–Kier alpha value is -1.04. The molecule has 0 aromatic heterocycles.